The topological polar surface area (TPSA) is 39.5 Å². The Bertz CT molecular complexity index is 1250. The SMILES string of the molecule is [C-]#[N+]c1cnc2ccc(-c3c(-c4ccc(F)c(Cl)c4)ncn3CC3CC3)cn12. The Kier molecular flexibility index (Phi) is 3.92. The Morgan fingerprint density at radius 1 is 1.18 bits per heavy atom. The van der Waals surface area contributed by atoms with Crippen LogP contribution >= 0.6 is 11.6 Å². The van der Waals surface area contributed by atoms with Gasteiger partial charge in [-0.1, -0.05) is 18.2 Å². The van der Waals surface area contributed by atoms with E-state index in [4.69, 9.17) is 18.2 Å². The second kappa shape index (κ2) is 6.47. The van der Waals surface area contributed by atoms with E-state index in [1.165, 1.54) is 18.9 Å². The molecule has 0 radical (unpaired) electrons. The van der Waals surface area contributed by atoms with Crippen LogP contribution in [0.15, 0.2) is 49.1 Å². The second-order valence-electron chi connectivity index (χ2n) is 7.04. The molecule has 0 spiro atoms. The quantitative estimate of drug-likeness (QED) is 0.424. The van der Waals surface area contributed by atoms with Crippen LogP contribution in [0, 0.1) is 18.3 Å². The molecule has 0 atom stereocenters. The summed E-state index contributed by atoms with van der Waals surface area (Å²) in [7, 11) is 0. The van der Waals surface area contributed by atoms with Crippen molar-refractivity contribution in [3.63, 3.8) is 0 Å². The summed E-state index contributed by atoms with van der Waals surface area (Å²) in [6.07, 6.45) is 7.74. The van der Waals surface area contributed by atoms with Crippen LogP contribution < -0.4 is 0 Å². The molecule has 7 heteroatoms. The minimum absolute atomic E-state index is 0.0700. The van der Waals surface area contributed by atoms with E-state index >= 15 is 0 Å². The van der Waals surface area contributed by atoms with Gasteiger partial charge in [0.05, 0.1) is 35.1 Å². The lowest BCUT2D eigenvalue weighted by Crippen LogP contribution is -2.01. The number of halogens is 2. The van der Waals surface area contributed by atoms with Crippen LogP contribution in [0.4, 0.5) is 10.2 Å². The van der Waals surface area contributed by atoms with E-state index < -0.39 is 5.82 Å². The molecule has 3 heterocycles. The first-order valence-electron chi connectivity index (χ1n) is 8.99. The third kappa shape index (κ3) is 2.85. The molecule has 0 aliphatic heterocycles. The highest BCUT2D eigenvalue weighted by Crippen LogP contribution is 2.37. The molecule has 0 saturated heterocycles. The van der Waals surface area contributed by atoms with Crippen molar-refractivity contribution in [3.8, 4) is 22.5 Å². The van der Waals surface area contributed by atoms with Gasteiger partial charge in [-0.3, -0.25) is 0 Å². The molecular formula is C21H15ClFN5. The fraction of sp³-hybridized carbons (Fsp3) is 0.190. The minimum Gasteiger partial charge on any atom is -0.362 e. The Morgan fingerprint density at radius 3 is 2.75 bits per heavy atom. The van der Waals surface area contributed by atoms with E-state index in [2.05, 4.69) is 19.4 Å². The van der Waals surface area contributed by atoms with E-state index in [1.54, 1.807) is 22.7 Å². The Labute approximate surface area is 165 Å². The van der Waals surface area contributed by atoms with Crippen LogP contribution in [0.5, 0.6) is 0 Å². The summed E-state index contributed by atoms with van der Waals surface area (Å²) < 4.78 is 17.6. The molecule has 1 aromatic carbocycles. The third-order valence-electron chi connectivity index (χ3n) is 5.06. The van der Waals surface area contributed by atoms with E-state index in [9.17, 15) is 4.39 Å². The number of aromatic nitrogens is 4. The Balaban J connectivity index is 1.71. The molecule has 0 unspecified atom stereocenters. The maximum atomic E-state index is 13.6. The fourth-order valence-corrected chi connectivity index (χ4v) is 3.63. The van der Waals surface area contributed by atoms with Gasteiger partial charge in [0.25, 0.3) is 5.82 Å². The zero-order chi connectivity index (χ0) is 19.3. The van der Waals surface area contributed by atoms with Crippen LogP contribution in [0.25, 0.3) is 33.0 Å². The van der Waals surface area contributed by atoms with Crippen molar-refractivity contribution in [1.82, 2.24) is 18.9 Å². The highest BCUT2D eigenvalue weighted by molar-refractivity contribution is 6.31. The van der Waals surface area contributed by atoms with Crippen molar-refractivity contribution >= 4 is 23.1 Å². The number of hydrogen-bond donors (Lipinski definition) is 0. The van der Waals surface area contributed by atoms with E-state index in [0.717, 1.165) is 34.7 Å². The first-order chi connectivity index (χ1) is 13.6. The molecule has 0 N–H and O–H groups in total. The van der Waals surface area contributed by atoms with Crippen LogP contribution in [0.3, 0.4) is 0 Å². The van der Waals surface area contributed by atoms with Crippen LogP contribution in [-0.4, -0.2) is 18.9 Å². The number of nitrogens with zero attached hydrogens (tertiary/aromatic N) is 5. The van der Waals surface area contributed by atoms with Crippen LogP contribution in [0.1, 0.15) is 12.8 Å². The summed E-state index contributed by atoms with van der Waals surface area (Å²) >= 11 is 6.01. The van der Waals surface area contributed by atoms with Crippen molar-refractivity contribution < 1.29 is 4.39 Å². The van der Waals surface area contributed by atoms with Gasteiger partial charge in [0.2, 0.25) is 5.65 Å². The summed E-state index contributed by atoms with van der Waals surface area (Å²) in [6.45, 7) is 8.23. The predicted molar refractivity (Wildman–Crippen MR) is 106 cm³/mol. The van der Waals surface area contributed by atoms with Gasteiger partial charge in [0.1, 0.15) is 5.82 Å². The van der Waals surface area contributed by atoms with Gasteiger partial charge in [0, 0.05) is 23.7 Å². The third-order valence-corrected chi connectivity index (χ3v) is 5.35. The zero-order valence-electron chi connectivity index (χ0n) is 14.8. The summed E-state index contributed by atoms with van der Waals surface area (Å²) in [5.74, 6) is 0.663. The van der Waals surface area contributed by atoms with Crippen molar-refractivity contribution in [1.29, 1.82) is 0 Å². The summed E-state index contributed by atoms with van der Waals surface area (Å²) in [6, 6.07) is 8.52. The highest BCUT2D eigenvalue weighted by Gasteiger charge is 2.25. The summed E-state index contributed by atoms with van der Waals surface area (Å²) in [5.41, 5.74) is 4.07. The smallest absolute Gasteiger partial charge is 0.254 e. The zero-order valence-corrected chi connectivity index (χ0v) is 15.6. The first kappa shape index (κ1) is 17.0. The van der Waals surface area contributed by atoms with Gasteiger partial charge in [-0.25, -0.2) is 18.8 Å². The molecule has 28 heavy (non-hydrogen) atoms. The van der Waals surface area contributed by atoms with Gasteiger partial charge in [-0.05, 0) is 43.0 Å². The Morgan fingerprint density at radius 2 is 2.00 bits per heavy atom. The number of benzene rings is 1. The monoisotopic (exact) mass is 391 g/mol. The molecule has 1 fully saturated rings. The lowest BCUT2D eigenvalue weighted by Gasteiger charge is -2.10. The predicted octanol–water partition coefficient (Wildman–Crippen LogP) is 5.62. The van der Waals surface area contributed by atoms with E-state index in [1.807, 2.05) is 24.7 Å². The summed E-state index contributed by atoms with van der Waals surface area (Å²) in [4.78, 5) is 12.4. The molecule has 4 aromatic rings. The standard InChI is InChI=1S/C21H15ClFN5/c1-24-19-9-25-18-7-5-15(11-28(18)19)21-20(14-4-6-17(23)16(22)8-14)26-12-27(21)10-13-2-3-13/h4-9,11-13H,2-3,10H2. The molecule has 1 aliphatic rings. The molecule has 0 amide bonds. The lowest BCUT2D eigenvalue weighted by molar-refractivity contribution is 0.628. The van der Waals surface area contributed by atoms with Crippen LogP contribution in [-0.2, 0) is 6.54 Å². The maximum Gasteiger partial charge on any atom is 0.254 e. The number of fused-ring (bicyclic) bond motifs is 1. The van der Waals surface area contributed by atoms with Gasteiger partial charge in [-0.15, -0.1) is 0 Å². The average molecular weight is 392 g/mol. The Hall–Kier alpha value is -3.17. The molecule has 5 nitrogen and oxygen atoms in total. The van der Waals surface area contributed by atoms with Crippen molar-refractivity contribution in [3.05, 3.63) is 71.3 Å². The van der Waals surface area contributed by atoms with Crippen molar-refractivity contribution in [2.24, 2.45) is 5.92 Å². The lowest BCUT2D eigenvalue weighted by atomic mass is 10.1. The van der Waals surface area contributed by atoms with Gasteiger partial charge in [-0.2, -0.15) is 0 Å². The summed E-state index contributed by atoms with van der Waals surface area (Å²) in [5, 5.41) is 0.0700. The number of hydrogen-bond acceptors (Lipinski definition) is 2. The maximum absolute atomic E-state index is 13.6. The molecule has 3 aromatic heterocycles. The second-order valence-corrected chi connectivity index (χ2v) is 7.45. The van der Waals surface area contributed by atoms with Crippen molar-refractivity contribution in [2.75, 3.05) is 0 Å². The molecule has 138 valence electrons. The van der Waals surface area contributed by atoms with Gasteiger partial charge >= 0.3 is 0 Å². The molecular weight excluding hydrogens is 377 g/mol. The van der Waals surface area contributed by atoms with Crippen molar-refractivity contribution in [2.45, 2.75) is 19.4 Å². The van der Waals surface area contributed by atoms with E-state index in [-0.39, 0.29) is 5.02 Å². The molecule has 1 aliphatic carbocycles. The molecule has 1 saturated carbocycles. The van der Waals surface area contributed by atoms with Gasteiger partial charge in [0.15, 0.2) is 0 Å². The first-order valence-corrected chi connectivity index (χ1v) is 9.37. The fourth-order valence-electron chi connectivity index (χ4n) is 3.45. The van der Waals surface area contributed by atoms with E-state index in [0.29, 0.717) is 11.7 Å². The number of pyridine rings is 1. The van der Waals surface area contributed by atoms with Gasteiger partial charge < -0.3 is 9.41 Å². The van der Waals surface area contributed by atoms with Crippen LogP contribution in [0.2, 0.25) is 5.02 Å². The largest absolute Gasteiger partial charge is 0.362 e. The molecule has 5 rings (SSSR count). The highest BCUT2D eigenvalue weighted by atomic mass is 35.5. The minimum atomic E-state index is -0.453. The number of rotatable bonds is 4. The average Bonchev–Trinajstić information content (AvgIpc) is 3.27. The number of imidazole rings is 2. The normalized spacial score (nSPS) is 13.8. The molecule has 0 bridgehead atoms.